The zero-order valence-electron chi connectivity index (χ0n) is 24.7. The van der Waals surface area contributed by atoms with Crippen LogP contribution in [0.4, 0.5) is 28.4 Å². The summed E-state index contributed by atoms with van der Waals surface area (Å²) in [5.41, 5.74) is 4.29. The first kappa shape index (κ1) is 31.5. The summed E-state index contributed by atoms with van der Waals surface area (Å²) in [5, 5.41) is 10.1. The average molecular weight is 663 g/mol. The summed E-state index contributed by atoms with van der Waals surface area (Å²) in [6, 6.07) is 6.44. The Morgan fingerprint density at radius 1 is 1.27 bits per heavy atom. The van der Waals surface area contributed by atoms with E-state index in [-0.39, 0.29) is 79.3 Å². The Morgan fingerprint density at radius 2 is 2.07 bits per heavy atom. The fourth-order valence-electron chi connectivity index (χ4n) is 6.44. The van der Waals surface area contributed by atoms with Crippen LogP contribution in [0.5, 0.6) is 6.01 Å². The quantitative estimate of drug-likeness (QED) is 0.243. The van der Waals surface area contributed by atoms with Crippen LogP contribution in [0.1, 0.15) is 31.7 Å². The van der Waals surface area contributed by atoms with Gasteiger partial charge in [0, 0.05) is 35.5 Å². The van der Waals surface area contributed by atoms with Crippen molar-refractivity contribution in [2.45, 2.75) is 44.1 Å². The Balaban J connectivity index is 0.000000337. The predicted molar refractivity (Wildman–Crippen MR) is 168 cm³/mol. The lowest BCUT2D eigenvalue weighted by Crippen LogP contribution is -2.39. The van der Waals surface area contributed by atoms with E-state index < -0.39 is 23.5 Å². The number of nitrogen functional groups attached to an aromatic ring is 1. The van der Waals surface area contributed by atoms with E-state index in [1.165, 1.54) is 45.1 Å². The van der Waals surface area contributed by atoms with Gasteiger partial charge in [-0.05, 0) is 50.4 Å². The van der Waals surface area contributed by atoms with Crippen LogP contribution in [0.2, 0.25) is 5.02 Å². The smallest absolute Gasteiger partial charge is 0.318 e. The van der Waals surface area contributed by atoms with Crippen molar-refractivity contribution in [3.63, 3.8) is 0 Å². The van der Waals surface area contributed by atoms with Gasteiger partial charge < -0.3 is 20.1 Å². The molecular weight excluding hydrogens is 632 g/mol. The van der Waals surface area contributed by atoms with Gasteiger partial charge in [0.1, 0.15) is 40.1 Å². The van der Waals surface area contributed by atoms with Crippen molar-refractivity contribution in [2.75, 3.05) is 57.1 Å². The third-order valence-electron chi connectivity index (χ3n) is 8.41. The van der Waals surface area contributed by atoms with Crippen LogP contribution in [-0.2, 0) is 4.74 Å². The Labute approximate surface area is 266 Å². The molecular formula is C31H31ClF4N6O2S. The minimum atomic E-state index is -1.67. The maximum atomic E-state index is 16.2. The highest BCUT2D eigenvalue weighted by molar-refractivity contribution is 7.23. The molecule has 0 aliphatic carbocycles. The minimum Gasteiger partial charge on any atom is -0.467 e. The molecule has 2 aromatic heterocycles. The highest BCUT2D eigenvalue weighted by Crippen LogP contribution is 2.45. The third kappa shape index (κ3) is 5.96. The van der Waals surface area contributed by atoms with Crippen molar-refractivity contribution in [2.24, 2.45) is 0 Å². The summed E-state index contributed by atoms with van der Waals surface area (Å²) >= 11 is 7.51. The van der Waals surface area contributed by atoms with Crippen LogP contribution < -0.4 is 15.4 Å². The number of nitrogens with two attached hydrogens (primary N) is 1. The molecule has 3 unspecified atom stereocenters. The molecule has 4 aromatic rings. The number of thiophene rings is 1. The summed E-state index contributed by atoms with van der Waals surface area (Å²) < 4.78 is 69.0. The third-order valence-corrected chi connectivity index (χ3v) is 9.74. The highest BCUT2D eigenvalue weighted by atomic mass is 35.5. The fraction of sp³-hybridized carbons (Fsp3) is 0.452. The van der Waals surface area contributed by atoms with Gasteiger partial charge in [-0.2, -0.15) is 15.2 Å². The molecule has 0 bridgehead atoms. The first-order valence-corrected chi connectivity index (χ1v) is 15.7. The fourth-order valence-corrected chi connectivity index (χ4v) is 7.68. The van der Waals surface area contributed by atoms with Crippen LogP contribution in [0.15, 0.2) is 18.2 Å². The van der Waals surface area contributed by atoms with Gasteiger partial charge in [0.05, 0.1) is 42.2 Å². The van der Waals surface area contributed by atoms with Gasteiger partial charge in [0.25, 0.3) is 0 Å². The molecule has 3 fully saturated rings. The van der Waals surface area contributed by atoms with Gasteiger partial charge in [-0.3, -0.25) is 4.90 Å². The summed E-state index contributed by atoms with van der Waals surface area (Å²) in [4.78, 5) is 12.5. The average Bonchev–Trinajstić information content (AvgIpc) is 3.64. The lowest BCUT2D eigenvalue weighted by Gasteiger charge is -2.27. The van der Waals surface area contributed by atoms with E-state index in [2.05, 4.69) is 14.9 Å². The number of nitriles is 1. The SMILES string of the molecule is COc1nc(N2CCOCC(C)(F)C2)c2cc(Cl)c(-c3ccc(F)c4sc(N)c(C#N)c34)c(F)c2n1.FC1CC2CCCN2C1. The molecule has 3 aliphatic heterocycles. The second-order valence-electron chi connectivity index (χ2n) is 11.7. The second-order valence-corrected chi connectivity index (χ2v) is 13.2. The molecule has 3 aliphatic rings. The molecule has 14 heteroatoms. The maximum Gasteiger partial charge on any atom is 0.318 e. The van der Waals surface area contributed by atoms with Gasteiger partial charge in [-0.25, -0.2) is 17.6 Å². The van der Waals surface area contributed by atoms with Gasteiger partial charge >= 0.3 is 6.01 Å². The van der Waals surface area contributed by atoms with E-state index in [1.54, 1.807) is 4.90 Å². The number of fused-ring (bicyclic) bond motifs is 3. The minimum absolute atomic E-state index is 0.0225. The lowest BCUT2D eigenvalue weighted by molar-refractivity contribution is 0.0508. The van der Waals surface area contributed by atoms with Crippen LogP contribution >= 0.6 is 22.9 Å². The number of aromatic nitrogens is 2. The van der Waals surface area contributed by atoms with Gasteiger partial charge in [-0.1, -0.05) is 17.7 Å². The molecule has 238 valence electrons. The molecule has 5 heterocycles. The molecule has 0 amide bonds. The topological polar surface area (TPSA) is 101 Å². The first-order chi connectivity index (χ1) is 21.5. The molecule has 0 radical (unpaired) electrons. The molecule has 45 heavy (non-hydrogen) atoms. The van der Waals surface area contributed by atoms with Crippen molar-refractivity contribution in [1.29, 1.82) is 5.26 Å². The molecule has 2 aromatic carbocycles. The number of alkyl halides is 2. The zero-order valence-corrected chi connectivity index (χ0v) is 26.3. The number of ether oxygens (including phenoxy) is 2. The van der Waals surface area contributed by atoms with Gasteiger partial charge in [0.15, 0.2) is 5.82 Å². The lowest BCUT2D eigenvalue weighted by atomic mass is 9.97. The van der Waals surface area contributed by atoms with Crippen LogP contribution in [0, 0.1) is 23.0 Å². The number of hydrogen-bond donors (Lipinski definition) is 1. The first-order valence-electron chi connectivity index (χ1n) is 14.6. The summed E-state index contributed by atoms with van der Waals surface area (Å²) in [5.74, 6) is -1.18. The normalized spacial score (nSPS) is 23.5. The number of benzene rings is 2. The van der Waals surface area contributed by atoms with Gasteiger partial charge in [0.2, 0.25) is 0 Å². The van der Waals surface area contributed by atoms with E-state index in [9.17, 15) is 18.4 Å². The Hall–Kier alpha value is -3.44. The standard InChI is InChI=1S/C24H19ClF3N5O2S.C7H12FN/c1-24(28)9-33(5-6-35-10-24)22-12-7-14(25)17(18(27)19(12)31-23(32-22)34-2)11-3-4-15(26)20-16(11)13(8-29)21(30)36-20;8-6-4-7-2-1-3-9(7)5-6/h3-4,7H,5-6,9-10,30H2,1-2H3;6-7H,1-5H2. The zero-order chi connectivity index (χ0) is 32.0. The van der Waals surface area contributed by atoms with E-state index in [0.29, 0.717) is 19.1 Å². The predicted octanol–water partition coefficient (Wildman–Crippen LogP) is 6.66. The van der Waals surface area contributed by atoms with E-state index >= 15 is 4.39 Å². The highest BCUT2D eigenvalue weighted by Gasteiger charge is 2.35. The molecule has 0 spiro atoms. The van der Waals surface area contributed by atoms with Crippen LogP contribution in [-0.4, -0.2) is 79.3 Å². The summed E-state index contributed by atoms with van der Waals surface area (Å²) in [6.45, 7) is 3.67. The van der Waals surface area contributed by atoms with Crippen LogP contribution in [0.25, 0.3) is 32.1 Å². The molecule has 8 nitrogen and oxygen atoms in total. The van der Waals surface area contributed by atoms with Gasteiger partial charge in [-0.15, -0.1) is 11.3 Å². The van der Waals surface area contributed by atoms with E-state index in [1.807, 2.05) is 6.07 Å². The van der Waals surface area contributed by atoms with E-state index in [0.717, 1.165) is 24.3 Å². The number of hydrogen-bond acceptors (Lipinski definition) is 9. The van der Waals surface area contributed by atoms with Crippen molar-refractivity contribution in [3.8, 4) is 23.2 Å². The largest absolute Gasteiger partial charge is 0.467 e. The van der Waals surface area contributed by atoms with Crippen molar-refractivity contribution in [3.05, 3.63) is 40.4 Å². The molecule has 2 N–H and O–H groups in total. The number of anilines is 2. The number of rotatable bonds is 3. The number of methoxy groups -OCH3 is 1. The molecule has 3 saturated heterocycles. The Bertz CT molecular complexity index is 1800. The number of halogens is 5. The monoisotopic (exact) mass is 662 g/mol. The molecule has 0 saturated carbocycles. The second kappa shape index (κ2) is 12.4. The van der Waals surface area contributed by atoms with Crippen molar-refractivity contribution >= 4 is 54.7 Å². The van der Waals surface area contributed by atoms with Crippen molar-refractivity contribution in [1.82, 2.24) is 14.9 Å². The maximum absolute atomic E-state index is 16.2. The van der Waals surface area contributed by atoms with E-state index in [4.69, 9.17) is 26.8 Å². The van der Waals surface area contributed by atoms with Crippen molar-refractivity contribution < 1.29 is 27.0 Å². The summed E-state index contributed by atoms with van der Waals surface area (Å²) in [6.07, 6.45) is 2.81. The van der Waals surface area contributed by atoms with Crippen LogP contribution in [0.3, 0.4) is 0 Å². The molecule has 7 rings (SSSR count). The molecule has 3 atom stereocenters. The Kier molecular flexibility index (Phi) is 8.69. The Morgan fingerprint density at radius 3 is 2.80 bits per heavy atom. The number of nitrogens with zero attached hydrogens (tertiary/aromatic N) is 5. The summed E-state index contributed by atoms with van der Waals surface area (Å²) in [7, 11) is 1.33.